The van der Waals surface area contributed by atoms with Crippen LogP contribution in [0.2, 0.25) is 0 Å². The summed E-state index contributed by atoms with van der Waals surface area (Å²) in [6, 6.07) is 0.290. The molecule has 0 aromatic heterocycles. The second-order valence-electron chi connectivity index (χ2n) is 19.4. The molecule has 7 rings (SSSR count). The second kappa shape index (κ2) is 13.7. The summed E-state index contributed by atoms with van der Waals surface area (Å²) in [6.07, 6.45) is 11.3. The normalized spacial score (nSPS) is 43.7. The predicted molar refractivity (Wildman–Crippen MR) is 194 cm³/mol. The van der Waals surface area contributed by atoms with E-state index in [9.17, 15) is 19.5 Å². The van der Waals surface area contributed by atoms with Crippen LogP contribution in [-0.4, -0.2) is 85.8 Å². The summed E-state index contributed by atoms with van der Waals surface area (Å²) in [5, 5.41) is 16.9. The molecule has 51 heavy (non-hydrogen) atoms. The van der Waals surface area contributed by atoms with Gasteiger partial charge in [-0.15, -0.1) is 0 Å². The Labute approximate surface area is 306 Å². The molecule has 10 nitrogen and oxygen atoms in total. The number of ether oxygens (including phenoxy) is 3. The van der Waals surface area contributed by atoms with Crippen LogP contribution in [0.4, 0.5) is 9.59 Å². The lowest BCUT2D eigenvalue weighted by Gasteiger charge is -2.72. The summed E-state index contributed by atoms with van der Waals surface area (Å²) >= 11 is 0. The lowest BCUT2D eigenvalue weighted by Crippen LogP contribution is -2.67. The van der Waals surface area contributed by atoms with Crippen LogP contribution in [0.5, 0.6) is 0 Å². The highest BCUT2D eigenvalue weighted by atomic mass is 16.6. The van der Waals surface area contributed by atoms with Crippen molar-refractivity contribution in [3.8, 4) is 0 Å². The minimum atomic E-state index is -0.746. The van der Waals surface area contributed by atoms with Crippen LogP contribution in [0, 0.1) is 56.7 Å². The number of nitrogens with one attached hydrogen (secondary N) is 2. The number of hydrogen-bond donors (Lipinski definition) is 3. The number of carbonyl (C=O) groups is 3. The topological polar surface area (TPSA) is 126 Å². The smallest absolute Gasteiger partial charge is 0.407 e. The van der Waals surface area contributed by atoms with Crippen LogP contribution in [0.15, 0.2) is 0 Å². The summed E-state index contributed by atoms with van der Waals surface area (Å²) in [5.74, 6) is 0.636. The Bertz CT molecular complexity index is 1330. The number of alkyl carbamates (subject to hydrolysis) is 2. The van der Waals surface area contributed by atoms with E-state index < -0.39 is 11.4 Å². The van der Waals surface area contributed by atoms with Crippen LogP contribution in [0.25, 0.3) is 0 Å². The zero-order valence-corrected chi connectivity index (χ0v) is 32.4. The van der Waals surface area contributed by atoms with Crippen LogP contribution in [-0.2, 0) is 19.0 Å². The number of carboxylic acid groups (broad SMARTS) is 1. The molecule has 6 aliphatic carbocycles. The molecule has 0 spiro atoms. The number of amides is 2. The number of rotatable bonds is 9. The third-order valence-corrected chi connectivity index (χ3v) is 16.9. The van der Waals surface area contributed by atoms with Crippen molar-refractivity contribution in [2.45, 2.75) is 143 Å². The van der Waals surface area contributed by atoms with E-state index in [1.165, 1.54) is 0 Å². The number of carbonyl (C=O) groups excluding carboxylic acids is 2. The first-order valence-electron chi connectivity index (χ1n) is 20.6. The van der Waals surface area contributed by atoms with E-state index in [0.717, 1.165) is 103 Å². The van der Waals surface area contributed by atoms with Crippen molar-refractivity contribution in [3.63, 3.8) is 0 Å². The number of aliphatic carboxylic acids is 1. The maximum atomic E-state index is 13.3. The molecule has 2 amide bonds. The SMILES string of the molecule is C[C@H](OC(=O)NCCCN1CCOCC1)[C@@H]1CC[C@]2(C(=O)O)CC[C@]3(C)C(CCC4[C@@]5(C)CC[C@@H](OC(=O)NC6CC6)C(C)(C)C5CC[C@]43C)C12. The van der Waals surface area contributed by atoms with Gasteiger partial charge in [-0.05, 0) is 143 Å². The molecule has 0 aromatic rings. The lowest BCUT2D eigenvalue weighted by molar-refractivity contribution is -0.250. The highest BCUT2D eigenvalue weighted by molar-refractivity contribution is 5.76. The molecule has 4 unspecified atom stereocenters. The molecule has 6 saturated carbocycles. The minimum Gasteiger partial charge on any atom is -0.481 e. The molecule has 7 fully saturated rings. The van der Waals surface area contributed by atoms with Crippen LogP contribution in [0.3, 0.4) is 0 Å². The van der Waals surface area contributed by atoms with Crippen molar-refractivity contribution in [2.24, 2.45) is 56.7 Å². The number of morpholine rings is 1. The lowest BCUT2D eigenvalue weighted by atomic mass is 9.32. The third kappa shape index (κ3) is 6.28. The summed E-state index contributed by atoms with van der Waals surface area (Å²) in [4.78, 5) is 41.5. The Hall–Kier alpha value is -2.07. The van der Waals surface area contributed by atoms with E-state index in [0.29, 0.717) is 31.2 Å². The molecule has 0 bridgehead atoms. The predicted octanol–water partition coefficient (Wildman–Crippen LogP) is 7.25. The summed E-state index contributed by atoms with van der Waals surface area (Å²) in [7, 11) is 0. The van der Waals surface area contributed by atoms with Gasteiger partial charge in [-0.25, -0.2) is 9.59 Å². The molecular weight excluding hydrogens is 646 g/mol. The average molecular weight is 714 g/mol. The minimum absolute atomic E-state index is 0.000778. The Morgan fingerprint density at radius 1 is 0.843 bits per heavy atom. The van der Waals surface area contributed by atoms with Gasteiger partial charge in [-0.3, -0.25) is 9.69 Å². The van der Waals surface area contributed by atoms with E-state index in [1.54, 1.807) is 0 Å². The van der Waals surface area contributed by atoms with Gasteiger partial charge in [0.2, 0.25) is 0 Å². The average Bonchev–Trinajstić information content (AvgIpc) is 3.80. The molecule has 1 heterocycles. The molecular formula is C41H67N3O7. The van der Waals surface area contributed by atoms with Crippen LogP contribution in [0.1, 0.15) is 125 Å². The first kappa shape index (κ1) is 37.3. The second-order valence-corrected chi connectivity index (χ2v) is 19.4. The van der Waals surface area contributed by atoms with Crippen molar-refractivity contribution >= 4 is 18.2 Å². The molecule has 7 aliphatic rings. The monoisotopic (exact) mass is 713 g/mol. The number of fused-ring (bicyclic) bond motifs is 7. The highest BCUT2D eigenvalue weighted by Gasteiger charge is 2.72. The van der Waals surface area contributed by atoms with Gasteiger partial charge in [0.15, 0.2) is 0 Å². The van der Waals surface area contributed by atoms with Gasteiger partial charge in [-0.2, -0.15) is 0 Å². The Morgan fingerprint density at radius 3 is 2.29 bits per heavy atom. The van der Waals surface area contributed by atoms with Crippen molar-refractivity contribution in [1.82, 2.24) is 15.5 Å². The van der Waals surface area contributed by atoms with Crippen LogP contribution >= 0.6 is 0 Å². The number of carboxylic acids is 1. The summed E-state index contributed by atoms with van der Waals surface area (Å²) in [5.41, 5.74) is -0.661. The van der Waals surface area contributed by atoms with Gasteiger partial charge in [0.25, 0.3) is 0 Å². The van der Waals surface area contributed by atoms with Crippen molar-refractivity contribution < 1.29 is 33.7 Å². The van der Waals surface area contributed by atoms with Gasteiger partial charge in [0.1, 0.15) is 12.2 Å². The Morgan fingerprint density at radius 2 is 1.59 bits per heavy atom. The van der Waals surface area contributed by atoms with E-state index in [1.807, 2.05) is 6.92 Å². The molecule has 10 heteroatoms. The van der Waals surface area contributed by atoms with Gasteiger partial charge in [0.05, 0.1) is 18.6 Å². The number of nitrogens with zero attached hydrogens (tertiary/aromatic N) is 1. The molecule has 288 valence electrons. The van der Waals surface area contributed by atoms with Gasteiger partial charge < -0.3 is 30.0 Å². The summed E-state index contributed by atoms with van der Waals surface area (Å²) in [6.45, 7) is 19.2. The maximum Gasteiger partial charge on any atom is 0.407 e. The maximum absolute atomic E-state index is 13.3. The van der Waals surface area contributed by atoms with Gasteiger partial charge >= 0.3 is 18.2 Å². The zero-order valence-electron chi connectivity index (χ0n) is 32.4. The fourth-order valence-corrected chi connectivity index (χ4v) is 13.9. The van der Waals surface area contributed by atoms with Crippen molar-refractivity contribution in [1.29, 1.82) is 0 Å². The fourth-order valence-electron chi connectivity index (χ4n) is 13.9. The van der Waals surface area contributed by atoms with E-state index in [-0.39, 0.29) is 69.8 Å². The van der Waals surface area contributed by atoms with Gasteiger partial charge in [-0.1, -0.05) is 34.6 Å². The third-order valence-electron chi connectivity index (χ3n) is 16.9. The first-order valence-corrected chi connectivity index (χ1v) is 20.6. The van der Waals surface area contributed by atoms with Gasteiger partial charge in [0, 0.05) is 31.1 Å². The largest absolute Gasteiger partial charge is 0.481 e. The quantitative estimate of drug-likeness (QED) is 0.214. The highest BCUT2D eigenvalue weighted by Crippen LogP contribution is 2.77. The molecule has 0 radical (unpaired) electrons. The first-order chi connectivity index (χ1) is 24.2. The molecule has 0 aromatic carbocycles. The van der Waals surface area contributed by atoms with E-state index >= 15 is 0 Å². The molecule has 1 aliphatic heterocycles. The van der Waals surface area contributed by atoms with E-state index in [4.69, 9.17) is 14.2 Å². The van der Waals surface area contributed by atoms with E-state index in [2.05, 4.69) is 50.2 Å². The zero-order chi connectivity index (χ0) is 36.4. The Kier molecular flexibility index (Phi) is 9.97. The Balaban J connectivity index is 1.05. The summed E-state index contributed by atoms with van der Waals surface area (Å²) < 4.78 is 17.7. The van der Waals surface area contributed by atoms with Crippen molar-refractivity contribution in [3.05, 3.63) is 0 Å². The molecule has 11 atom stereocenters. The standard InChI is InChI=1S/C41H67N3O7/c1-26(50-35(47)42-20-7-21-44-22-24-49-25-23-44)28-12-17-41(34(45)46)19-18-39(5)29(33(28)41)10-11-31-38(4)15-14-32(51-36(48)43-27-8-9-27)37(2,3)30(38)13-16-40(31,39)6/h26-33H,7-25H2,1-6H3,(H,42,47)(H,43,48)(H,45,46)/t26-,28-,29?,30?,31?,32+,33?,38-,39+,40+,41-/m0/s1. The fraction of sp³-hybridized carbons (Fsp3) is 0.927. The molecule has 3 N–H and O–H groups in total. The number of hydrogen-bond acceptors (Lipinski definition) is 7. The van der Waals surface area contributed by atoms with Crippen molar-refractivity contribution in [2.75, 3.05) is 39.4 Å². The van der Waals surface area contributed by atoms with Crippen LogP contribution < -0.4 is 10.6 Å². The molecule has 1 saturated heterocycles.